The third-order valence-electron chi connectivity index (χ3n) is 5.39. The lowest BCUT2D eigenvalue weighted by atomic mass is 9.94. The van der Waals surface area contributed by atoms with Gasteiger partial charge < -0.3 is 4.90 Å². The van der Waals surface area contributed by atoms with Crippen molar-refractivity contribution in [3.63, 3.8) is 0 Å². The normalized spacial score (nSPS) is 14.6. The number of hydrogen-bond donors (Lipinski definition) is 0. The van der Waals surface area contributed by atoms with Crippen molar-refractivity contribution in [1.29, 1.82) is 5.26 Å². The molecule has 0 atom stereocenters. The number of hydrogen-bond acceptors (Lipinski definition) is 2. The van der Waals surface area contributed by atoms with Gasteiger partial charge in [0.1, 0.15) is 0 Å². The van der Waals surface area contributed by atoms with E-state index in [2.05, 4.69) is 70.4 Å². The highest BCUT2D eigenvalue weighted by Gasteiger charge is 2.12. The van der Waals surface area contributed by atoms with Crippen LogP contribution in [0.1, 0.15) is 18.9 Å². The number of benzene rings is 3. The first-order valence-electron chi connectivity index (χ1n) is 10.8. The molecule has 1 aliphatic carbocycles. The quantitative estimate of drug-likeness (QED) is 0.305. The summed E-state index contributed by atoms with van der Waals surface area (Å²) in [5.74, 6) is 0. The number of allylic oxidation sites excluding steroid dienone is 7. The van der Waals surface area contributed by atoms with Crippen molar-refractivity contribution in [2.75, 3.05) is 4.90 Å². The van der Waals surface area contributed by atoms with Gasteiger partial charge in [0.05, 0.1) is 12.6 Å². The fourth-order valence-corrected chi connectivity index (χ4v) is 3.87. The van der Waals surface area contributed by atoms with Gasteiger partial charge in [-0.1, -0.05) is 78.4 Å². The highest BCUT2D eigenvalue weighted by atomic mass is 15.1. The van der Waals surface area contributed by atoms with Gasteiger partial charge in [-0.3, -0.25) is 0 Å². The van der Waals surface area contributed by atoms with Gasteiger partial charge in [-0.25, -0.2) is 10.1 Å². The second kappa shape index (κ2) is 10.1. The minimum Gasteiger partial charge on any atom is -0.311 e. The van der Waals surface area contributed by atoms with Crippen LogP contribution in [0.3, 0.4) is 0 Å². The van der Waals surface area contributed by atoms with Crippen LogP contribution in [-0.4, -0.2) is 0 Å². The lowest BCUT2D eigenvalue weighted by Crippen LogP contribution is -2.09. The van der Waals surface area contributed by atoms with E-state index < -0.39 is 0 Å². The Kier molecular flexibility index (Phi) is 6.64. The zero-order valence-electron chi connectivity index (χ0n) is 18.4. The standard InChI is InChI=1S/C30H23N3/c1-23-19-25(21-26(20-23)30(22-31)32-2)14-13-24-15-17-29(18-16-24)33(27-9-5-3-6-10-27)28-11-7-4-8-12-28/h3-18,20-21H,19H2,1H3/b14-13+,30-26-. The fourth-order valence-electron chi connectivity index (χ4n) is 3.87. The van der Waals surface area contributed by atoms with E-state index in [-0.39, 0.29) is 5.70 Å². The van der Waals surface area contributed by atoms with Crippen molar-refractivity contribution in [3.8, 4) is 6.07 Å². The van der Waals surface area contributed by atoms with Crippen molar-refractivity contribution in [2.24, 2.45) is 0 Å². The maximum Gasteiger partial charge on any atom is 0.268 e. The molecular formula is C30H23N3. The zero-order chi connectivity index (χ0) is 23.0. The highest BCUT2D eigenvalue weighted by Crippen LogP contribution is 2.34. The first-order chi connectivity index (χ1) is 16.2. The van der Waals surface area contributed by atoms with Gasteiger partial charge in [0.25, 0.3) is 5.70 Å². The predicted octanol–water partition coefficient (Wildman–Crippen LogP) is 8.14. The molecule has 0 amide bonds. The minimum atomic E-state index is 0.131. The van der Waals surface area contributed by atoms with Gasteiger partial charge >= 0.3 is 0 Å². The van der Waals surface area contributed by atoms with Crippen LogP contribution in [0.2, 0.25) is 0 Å². The van der Waals surface area contributed by atoms with Crippen LogP contribution in [0.25, 0.3) is 10.9 Å². The number of rotatable bonds is 5. The van der Waals surface area contributed by atoms with E-state index in [1.54, 1.807) is 0 Å². The lowest BCUT2D eigenvalue weighted by molar-refractivity contribution is 1.12. The molecule has 33 heavy (non-hydrogen) atoms. The molecular weight excluding hydrogens is 402 g/mol. The second-order valence-corrected chi connectivity index (χ2v) is 7.85. The van der Waals surface area contributed by atoms with E-state index in [1.165, 1.54) is 0 Å². The van der Waals surface area contributed by atoms with E-state index >= 15 is 0 Å². The molecule has 0 spiro atoms. The molecule has 0 fully saturated rings. The smallest absolute Gasteiger partial charge is 0.268 e. The molecule has 0 bridgehead atoms. The molecule has 0 saturated heterocycles. The molecule has 0 aliphatic heterocycles. The molecule has 1 aliphatic rings. The average molecular weight is 426 g/mol. The first-order valence-corrected chi connectivity index (χ1v) is 10.8. The van der Waals surface area contributed by atoms with Crippen molar-refractivity contribution in [2.45, 2.75) is 13.3 Å². The van der Waals surface area contributed by atoms with Crippen molar-refractivity contribution in [1.82, 2.24) is 0 Å². The molecule has 158 valence electrons. The Hall–Kier alpha value is -4.60. The Bertz CT molecular complexity index is 1270. The molecule has 0 heterocycles. The summed E-state index contributed by atoms with van der Waals surface area (Å²) in [4.78, 5) is 5.58. The van der Waals surface area contributed by atoms with Crippen molar-refractivity contribution < 1.29 is 0 Å². The van der Waals surface area contributed by atoms with Crippen LogP contribution in [0.4, 0.5) is 17.1 Å². The largest absolute Gasteiger partial charge is 0.311 e. The summed E-state index contributed by atoms with van der Waals surface area (Å²) in [6.45, 7) is 9.23. The van der Waals surface area contributed by atoms with Crippen molar-refractivity contribution >= 4 is 23.1 Å². The summed E-state index contributed by atoms with van der Waals surface area (Å²) >= 11 is 0. The number of nitrogens with zero attached hydrogens (tertiary/aromatic N) is 3. The average Bonchev–Trinajstić information content (AvgIpc) is 2.86. The summed E-state index contributed by atoms with van der Waals surface area (Å²) in [7, 11) is 0. The molecule has 0 unspecified atom stereocenters. The van der Waals surface area contributed by atoms with Gasteiger partial charge in [0.15, 0.2) is 0 Å². The van der Waals surface area contributed by atoms with E-state index in [9.17, 15) is 5.26 Å². The van der Waals surface area contributed by atoms with Gasteiger partial charge in [0.2, 0.25) is 0 Å². The molecule has 3 aromatic rings. The molecule has 0 N–H and O–H groups in total. The summed E-state index contributed by atoms with van der Waals surface area (Å²) in [6, 6.07) is 31.1. The molecule has 0 radical (unpaired) electrons. The number of para-hydroxylation sites is 2. The van der Waals surface area contributed by atoms with Crippen LogP contribution >= 0.6 is 0 Å². The Labute approximate surface area is 195 Å². The maximum absolute atomic E-state index is 9.19. The molecule has 3 aromatic carbocycles. The van der Waals surface area contributed by atoms with E-state index in [0.717, 1.165) is 40.2 Å². The summed E-state index contributed by atoms with van der Waals surface area (Å²) in [6.07, 6.45) is 8.80. The molecule has 0 saturated carbocycles. The Morgan fingerprint density at radius 3 is 1.97 bits per heavy atom. The summed E-state index contributed by atoms with van der Waals surface area (Å²) < 4.78 is 0. The summed E-state index contributed by atoms with van der Waals surface area (Å²) in [5.41, 5.74) is 7.42. The second-order valence-electron chi connectivity index (χ2n) is 7.85. The predicted molar refractivity (Wildman–Crippen MR) is 136 cm³/mol. The number of anilines is 3. The third kappa shape index (κ3) is 5.18. The zero-order valence-corrected chi connectivity index (χ0v) is 18.4. The SMILES string of the molecule is [C-]#[N+]/C(C#N)=C1/C=C(C)CC(/C=C/c2ccc(N(c3ccccc3)c3ccccc3)cc2)=C1. The first kappa shape index (κ1) is 21.6. The Morgan fingerprint density at radius 1 is 0.848 bits per heavy atom. The number of nitriles is 1. The van der Waals surface area contributed by atoms with E-state index in [0.29, 0.717) is 5.57 Å². The molecule has 3 nitrogen and oxygen atoms in total. The minimum absolute atomic E-state index is 0.131. The highest BCUT2D eigenvalue weighted by molar-refractivity contribution is 5.77. The van der Waals surface area contributed by atoms with Crippen LogP contribution < -0.4 is 4.90 Å². The van der Waals surface area contributed by atoms with Crippen LogP contribution in [-0.2, 0) is 0 Å². The van der Waals surface area contributed by atoms with Crippen LogP contribution in [0.5, 0.6) is 0 Å². The molecule has 3 heteroatoms. The van der Waals surface area contributed by atoms with E-state index in [1.807, 2.05) is 61.5 Å². The van der Waals surface area contributed by atoms with Gasteiger partial charge in [-0.2, -0.15) is 0 Å². The van der Waals surface area contributed by atoms with Gasteiger partial charge in [-0.05, 0) is 66.5 Å². The van der Waals surface area contributed by atoms with Crippen molar-refractivity contribution in [3.05, 3.63) is 143 Å². The van der Waals surface area contributed by atoms with Gasteiger partial charge in [-0.15, -0.1) is 0 Å². The summed E-state index contributed by atoms with van der Waals surface area (Å²) in [5, 5.41) is 9.19. The molecule has 0 aromatic heterocycles. The van der Waals surface area contributed by atoms with E-state index in [4.69, 9.17) is 6.57 Å². The van der Waals surface area contributed by atoms with Crippen LogP contribution in [0, 0.1) is 17.9 Å². The Morgan fingerprint density at radius 2 is 1.42 bits per heavy atom. The third-order valence-corrected chi connectivity index (χ3v) is 5.39. The Balaban J connectivity index is 1.61. The maximum atomic E-state index is 9.19. The lowest BCUT2D eigenvalue weighted by Gasteiger charge is -2.25. The monoisotopic (exact) mass is 425 g/mol. The molecule has 4 rings (SSSR count). The fraction of sp³-hybridized carbons (Fsp3) is 0.0667. The van der Waals surface area contributed by atoms with Crippen LogP contribution in [0.15, 0.2) is 126 Å². The van der Waals surface area contributed by atoms with Gasteiger partial charge in [0, 0.05) is 17.1 Å². The topological polar surface area (TPSA) is 31.4 Å².